The molecule has 4 aromatic rings. The van der Waals surface area contributed by atoms with Crippen molar-refractivity contribution in [2.24, 2.45) is 7.05 Å². The first-order valence-corrected chi connectivity index (χ1v) is 8.52. The van der Waals surface area contributed by atoms with Gasteiger partial charge in [-0.2, -0.15) is 5.10 Å². The Kier molecular flexibility index (Phi) is 4.33. The van der Waals surface area contributed by atoms with E-state index in [9.17, 15) is 4.79 Å². The van der Waals surface area contributed by atoms with Crippen LogP contribution in [0.4, 0.5) is 0 Å². The lowest BCUT2D eigenvalue weighted by molar-refractivity contribution is 0.0947. The van der Waals surface area contributed by atoms with Crippen LogP contribution in [0.2, 0.25) is 0 Å². The van der Waals surface area contributed by atoms with Crippen molar-refractivity contribution in [3.63, 3.8) is 0 Å². The quantitative estimate of drug-likeness (QED) is 0.572. The highest BCUT2D eigenvalue weighted by atomic mass is 16.5. The maximum atomic E-state index is 12.6. The summed E-state index contributed by atoms with van der Waals surface area (Å²) >= 11 is 0. The molecule has 0 aliphatic heterocycles. The van der Waals surface area contributed by atoms with Gasteiger partial charge in [0.1, 0.15) is 11.4 Å². The molecule has 3 aromatic heterocycles. The summed E-state index contributed by atoms with van der Waals surface area (Å²) < 4.78 is 6.95. The van der Waals surface area contributed by atoms with Crippen LogP contribution < -0.4 is 10.1 Å². The van der Waals surface area contributed by atoms with Crippen LogP contribution in [0.25, 0.3) is 22.2 Å². The highest BCUT2D eigenvalue weighted by Gasteiger charge is 2.12. The predicted molar refractivity (Wildman–Crippen MR) is 102 cm³/mol. The number of aryl methyl sites for hydroxylation is 1. The number of rotatable bonds is 5. The van der Waals surface area contributed by atoms with Crippen LogP contribution in [0, 0.1) is 0 Å². The van der Waals surface area contributed by atoms with Gasteiger partial charge in [-0.3, -0.25) is 14.5 Å². The van der Waals surface area contributed by atoms with E-state index in [1.807, 2.05) is 49.6 Å². The van der Waals surface area contributed by atoms with E-state index in [-0.39, 0.29) is 5.91 Å². The van der Waals surface area contributed by atoms with Crippen LogP contribution >= 0.6 is 0 Å². The van der Waals surface area contributed by atoms with E-state index in [4.69, 9.17) is 4.74 Å². The molecule has 0 saturated heterocycles. The minimum atomic E-state index is -0.175. The molecule has 1 aromatic carbocycles. The van der Waals surface area contributed by atoms with Crippen LogP contribution in [0.5, 0.6) is 5.75 Å². The number of nitrogens with one attached hydrogen (secondary N) is 2. The minimum absolute atomic E-state index is 0.175. The number of carbonyl (C=O) groups excluding carboxylic acids is 1. The Balaban J connectivity index is 1.53. The number of ether oxygens (including phenoxy) is 1. The van der Waals surface area contributed by atoms with Gasteiger partial charge in [-0.25, -0.2) is 0 Å². The molecular formula is C20H19N5O2. The maximum absolute atomic E-state index is 12.6. The standard InChI is InChI=1S/C20H19N5O2/c1-25-12-15(11-23-25)19-14(4-3-7-21-19)10-22-20(26)18-8-13-5-6-16(27-2)9-17(13)24-18/h3-9,11-12,24H,10H2,1-2H3,(H,22,26). The predicted octanol–water partition coefficient (Wildman–Crippen LogP) is 2.90. The second-order valence-electron chi connectivity index (χ2n) is 6.23. The smallest absolute Gasteiger partial charge is 0.267 e. The molecule has 0 atom stereocenters. The van der Waals surface area contributed by atoms with E-state index in [2.05, 4.69) is 20.4 Å². The van der Waals surface area contributed by atoms with E-state index in [1.54, 1.807) is 24.2 Å². The fourth-order valence-corrected chi connectivity index (χ4v) is 3.01. The van der Waals surface area contributed by atoms with Gasteiger partial charge in [0.2, 0.25) is 0 Å². The number of aromatic nitrogens is 4. The SMILES string of the molecule is COc1ccc2cc(C(=O)NCc3cccnc3-c3cnn(C)c3)[nH]c2c1. The van der Waals surface area contributed by atoms with Gasteiger partial charge < -0.3 is 15.0 Å². The molecule has 0 unspecified atom stereocenters. The van der Waals surface area contributed by atoms with E-state index < -0.39 is 0 Å². The number of nitrogens with zero attached hydrogens (tertiary/aromatic N) is 3. The first kappa shape index (κ1) is 16.8. The van der Waals surface area contributed by atoms with Crippen LogP contribution in [0.1, 0.15) is 16.1 Å². The van der Waals surface area contributed by atoms with Crippen LogP contribution in [0.3, 0.4) is 0 Å². The second-order valence-corrected chi connectivity index (χ2v) is 6.23. The lowest BCUT2D eigenvalue weighted by Crippen LogP contribution is -2.23. The average Bonchev–Trinajstić information content (AvgIpc) is 3.31. The molecule has 7 nitrogen and oxygen atoms in total. The van der Waals surface area contributed by atoms with Gasteiger partial charge in [0.05, 0.1) is 19.0 Å². The van der Waals surface area contributed by atoms with E-state index in [1.165, 1.54) is 0 Å². The molecule has 3 heterocycles. The lowest BCUT2D eigenvalue weighted by atomic mass is 10.1. The summed E-state index contributed by atoms with van der Waals surface area (Å²) in [6.07, 6.45) is 5.40. The summed E-state index contributed by atoms with van der Waals surface area (Å²) in [5, 5.41) is 8.10. The van der Waals surface area contributed by atoms with E-state index in [0.29, 0.717) is 12.2 Å². The van der Waals surface area contributed by atoms with Gasteiger partial charge in [0.25, 0.3) is 5.91 Å². The third-order valence-electron chi connectivity index (χ3n) is 4.38. The molecule has 136 valence electrons. The number of pyridine rings is 1. The number of methoxy groups -OCH3 is 1. The molecule has 4 rings (SSSR count). The number of H-pyrrole nitrogens is 1. The summed E-state index contributed by atoms with van der Waals surface area (Å²) in [6.45, 7) is 0.371. The number of hydrogen-bond acceptors (Lipinski definition) is 4. The number of hydrogen-bond donors (Lipinski definition) is 2. The molecular weight excluding hydrogens is 342 g/mol. The summed E-state index contributed by atoms with van der Waals surface area (Å²) in [7, 11) is 3.48. The fraction of sp³-hybridized carbons (Fsp3) is 0.150. The highest BCUT2D eigenvalue weighted by Crippen LogP contribution is 2.22. The monoisotopic (exact) mass is 361 g/mol. The van der Waals surface area contributed by atoms with E-state index in [0.717, 1.165) is 33.5 Å². The van der Waals surface area contributed by atoms with Gasteiger partial charge >= 0.3 is 0 Å². The van der Waals surface area contributed by atoms with Gasteiger partial charge in [0, 0.05) is 48.5 Å². The van der Waals surface area contributed by atoms with Crippen LogP contribution in [-0.4, -0.2) is 32.8 Å². The number of carbonyl (C=O) groups is 1. The van der Waals surface area contributed by atoms with Crippen molar-refractivity contribution < 1.29 is 9.53 Å². The van der Waals surface area contributed by atoms with Crippen molar-refractivity contribution in [3.05, 3.63) is 66.2 Å². The van der Waals surface area contributed by atoms with Crippen LogP contribution in [-0.2, 0) is 13.6 Å². The Morgan fingerprint density at radius 3 is 2.96 bits per heavy atom. The molecule has 0 saturated carbocycles. The Hall–Kier alpha value is -3.61. The Bertz CT molecular complexity index is 1110. The molecule has 0 fully saturated rings. The lowest BCUT2D eigenvalue weighted by Gasteiger charge is -2.08. The van der Waals surface area contributed by atoms with E-state index >= 15 is 0 Å². The number of amides is 1. The molecule has 0 bridgehead atoms. The first-order valence-electron chi connectivity index (χ1n) is 8.52. The Morgan fingerprint density at radius 1 is 1.30 bits per heavy atom. The second kappa shape index (κ2) is 6.95. The molecule has 27 heavy (non-hydrogen) atoms. The summed E-state index contributed by atoms with van der Waals surface area (Å²) in [6, 6.07) is 11.3. The molecule has 0 aliphatic carbocycles. The highest BCUT2D eigenvalue weighted by molar-refractivity contribution is 5.98. The molecule has 0 aliphatic rings. The molecule has 2 N–H and O–H groups in total. The first-order chi connectivity index (χ1) is 13.1. The van der Waals surface area contributed by atoms with Crippen LogP contribution in [0.15, 0.2) is 55.0 Å². The molecule has 0 radical (unpaired) electrons. The van der Waals surface area contributed by atoms with Gasteiger partial charge in [0.15, 0.2) is 0 Å². The zero-order valence-corrected chi connectivity index (χ0v) is 15.1. The Morgan fingerprint density at radius 2 is 2.19 bits per heavy atom. The van der Waals surface area contributed by atoms with Gasteiger partial charge in [-0.1, -0.05) is 6.07 Å². The van der Waals surface area contributed by atoms with Crippen molar-refractivity contribution in [3.8, 4) is 17.0 Å². The fourth-order valence-electron chi connectivity index (χ4n) is 3.01. The molecule has 7 heteroatoms. The zero-order valence-electron chi connectivity index (χ0n) is 15.1. The van der Waals surface area contributed by atoms with Crippen molar-refractivity contribution >= 4 is 16.8 Å². The third-order valence-corrected chi connectivity index (χ3v) is 4.38. The summed E-state index contributed by atoms with van der Waals surface area (Å²) in [4.78, 5) is 20.2. The van der Waals surface area contributed by atoms with Crippen molar-refractivity contribution in [1.82, 2.24) is 25.1 Å². The minimum Gasteiger partial charge on any atom is -0.497 e. The average molecular weight is 361 g/mol. The molecule has 1 amide bonds. The van der Waals surface area contributed by atoms with Crippen molar-refractivity contribution in [2.45, 2.75) is 6.54 Å². The number of fused-ring (bicyclic) bond motifs is 1. The number of benzene rings is 1. The molecule has 0 spiro atoms. The normalized spacial score (nSPS) is 10.9. The maximum Gasteiger partial charge on any atom is 0.267 e. The number of aromatic amines is 1. The Labute approximate surface area is 156 Å². The van der Waals surface area contributed by atoms with Crippen molar-refractivity contribution in [2.75, 3.05) is 7.11 Å². The van der Waals surface area contributed by atoms with Gasteiger partial charge in [-0.05, 0) is 29.8 Å². The largest absolute Gasteiger partial charge is 0.497 e. The third kappa shape index (κ3) is 3.39. The van der Waals surface area contributed by atoms with Crippen molar-refractivity contribution in [1.29, 1.82) is 0 Å². The van der Waals surface area contributed by atoms with Gasteiger partial charge in [-0.15, -0.1) is 0 Å². The summed E-state index contributed by atoms with van der Waals surface area (Å²) in [5.74, 6) is 0.568. The topological polar surface area (TPSA) is 84.8 Å². The summed E-state index contributed by atoms with van der Waals surface area (Å²) in [5.41, 5.74) is 4.02. The zero-order chi connectivity index (χ0) is 18.8.